The molecule has 0 N–H and O–H groups in total. The van der Waals surface area contributed by atoms with Crippen molar-refractivity contribution in [3.63, 3.8) is 0 Å². The van der Waals surface area contributed by atoms with Crippen molar-refractivity contribution in [1.29, 1.82) is 0 Å². The summed E-state index contributed by atoms with van der Waals surface area (Å²) >= 11 is 0. The monoisotopic (exact) mass is 337 g/mol. The first kappa shape index (κ1) is 16.0. The van der Waals surface area contributed by atoms with E-state index in [0.29, 0.717) is 5.56 Å². The molecule has 2 aliphatic heterocycles. The van der Waals surface area contributed by atoms with Gasteiger partial charge in [0.2, 0.25) is 5.95 Å². The summed E-state index contributed by atoms with van der Waals surface area (Å²) in [6.07, 6.45) is 8.59. The van der Waals surface area contributed by atoms with Crippen molar-refractivity contribution in [2.45, 2.75) is 26.2 Å². The molecule has 6 heteroatoms. The fourth-order valence-corrected chi connectivity index (χ4v) is 4.05. The maximum absolute atomic E-state index is 12.8. The first-order valence-corrected chi connectivity index (χ1v) is 8.89. The van der Waals surface area contributed by atoms with E-state index in [1.54, 1.807) is 18.6 Å². The lowest BCUT2D eigenvalue weighted by Crippen LogP contribution is -2.46. The summed E-state index contributed by atoms with van der Waals surface area (Å²) in [6.45, 7) is 5.47. The molecule has 1 atom stereocenters. The van der Waals surface area contributed by atoms with Gasteiger partial charge in [0, 0.05) is 55.9 Å². The zero-order chi connectivity index (χ0) is 17.3. The van der Waals surface area contributed by atoms with E-state index in [1.165, 1.54) is 0 Å². The lowest BCUT2D eigenvalue weighted by atomic mass is 9.79. The molecule has 0 bridgehead atoms. The van der Waals surface area contributed by atoms with Gasteiger partial charge < -0.3 is 9.80 Å². The summed E-state index contributed by atoms with van der Waals surface area (Å²) in [5.41, 5.74) is 1.77. The summed E-state index contributed by atoms with van der Waals surface area (Å²) in [5.74, 6) is 0.895. The molecular formula is C19H23N5O. The van der Waals surface area contributed by atoms with Crippen LogP contribution in [0.3, 0.4) is 0 Å². The Kier molecular flexibility index (Phi) is 4.11. The molecule has 6 nitrogen and oxygen atoms in total. The van der Waals surface area contributed by atoms with Gasteiger partial charge in [-0.3, -0.25) is 9.78 Å². The predicted molar refractivity (Wildman–Crippen MR) is 95.4 cm³/mol. The molecule has 0 aliphatic carbocycles. The molecule has 1 spiro atoms. The standard InChI is InChI=1S/C19H23N5O/c1-15-4-5-16(12-22-15)17(25)23-11-7-19(13-23)6-2-10-24(14-19)18-20-8-3-9-21-18/h3-5,8-9,12H,2,6-7,10-11,13-14H2,1H3/t19-/m0/s1. The van der Waals surface area contributed by atoms with E-state index < -0.39 is 0 Å². The highest BCUT2D eigenvalue weighted by molar-refractivity contribution is 5.94. The highest BCUT2D eigenvalue weighted by atomic mass is 16.2. The fraction of sp³-hybridized carbons (Fsp3) is 0.474. The highest BCUT2D eigenvalue weighted by Crippen LogP contribution is 2.40. The van der Waals surface area contributed by atoms with Gasteiger partial charge in [0.25, 0.3) is 5.91 Å². The number of likely N-dealkylation sites (tertiary alicyclic amines) is 1. The van der Waals surface area contributed by atoms with Crippen LogP contribution in [0.15, 0.2) is 36.8 Å². The van der Waals surface area contributed by atoms with Crippen molar-refractivity contribution in [2.24, 2.45) is 5.41 Å². The van der Waals surface area contributed by atoms with Crippen LogP contribution < -0.4 is 4.90 Å². The van der Waals surface area contributed by atoms with Crippen molar-refractivity contribution in [2.75, 3.05) is 31.1 Å². The minimum Gasteiger partial charge on any atom is -0.340 e. The second kappa shape index (κ2) is 6.43. The van der Waals surface area contributed by atoms with E-state index in [-0.39, 0.29) is 11.3 Å². The topological polar surface area (TPSA) is 62.2 Å². The lowest BCUT2D eigenvalue weighted by Gasteiger charge is -2.40. The van der Waals surface area contributed by atoms with Crippen molar-refractivity contribution in [1.82, 2.24) is 19.9 Å². The average molecular weight is 337 g/mol. The molecule has 4 heterocycles. The Morgan fingerprint density at radius 3 is 2.68 bits per heavy atom. The summed E-state index contributed by atoms with van der Waals surface area (Å²) in [6, 6.07) is 5.61. The van der Waals surface area contributed by atoms with E-state index in [1.807, 2.05) is 30.0 Å². The number of carbonyl (C=O) groups is 1. The Hall–Kier alpha value is -2.50. The normalized spacial score (nSPS) is 23.2. The number of amides is 1. The third kappa shape index (κ3) is 3.21. The summed E-state index contributed by atoms with van der Waals surface area (Å²) in [5, 5.41) is 0. The molecule has 0 unspecified atom stereocenters. The number of nitrogens with zero attached hydrogens (tertiary/aromatic N) is 5. The summed E-state index contributed by atoms with van der Waals surface area (Å²) in [7, 11) is 0. The van der Waals surface area contributed by atoms with Gasteiger partial charge >= 0.3 is 0 Å². The van der Waals surface area contributed by atoms with Gasteiger partial charge in [-0.1, -0.05) is 0 Å². The van der Waals surface area contributed by atoms with Crippen LogP contribution in [0.4, 0.5) is 5.95 Å². The van der Waals surface area contributed by atoms with Gasteiger partial charge in [-0.2, -0.15) is 0 Å². The van der Waals surface area contributed by atoms with Crippen LogP contribution in [0.5, 0.6) is 0 Å². The first-order valence-electron chi connectivity index (χ1n) is 8.89. The SMILES string of the molecule is Cc1ccc(C(=O)N2CC[C@@]3(CCCN(c4ncccn4)C3)C2)cn1. The predicted octanol–water partition coefficient (Wildman–Crippen LogP) is 2.31. The van der Waals surface area contributed by atoms with Gasteiger partial charge in [-0.25, -0.2) is 9.97 Å². The molecule has 2 fully saturated rings. The van der Waals surface area contributed by atoms with Crippen LogP contribution in [0.2, 0.25) is 0 Å². The molecule has 2 aliphatic rings. The fourth-order valence-electron chi connectivity index (χ4n) is 4.05. The van der Waals surface area contributed by atoms with E-state index in [0.717, 1.165) is 57.1 Å². The Bertz CT molecular complexity index is 748. The molecule has 4 rings (SSSR count). The molecular weight excluding hydrogens is 314 g/mol. The Morgan fingerprint density at radius 1 is 1.08 bits per heavy atom. The number of rotatable bonds is 2. The quantitative estimate of drug-likeness (QED) is 0.841. The van der Waals surface area contributed by atoms with Gasteiger partial charge in [-0.05, 0) is 44.4 Å². The largest absolute Gasteiger partial charge is 0.340 e. The Morgan fingerprint density at radius 2 is 1.92 bits per heavy atom. The molecule has 25 heavy (non-hydrogen) atoms. The second-order valence-corrected chi connectivity index (χ2v) is 7.24. The summed E-state index contributed by atoms with van der Waals surface area (Å²) < 4.78 is 0. The molecule has 2 saturated heterocycles. The van der Waals surface area contributed by atoms with Crippen LogP contribution in [-0.2, 0) is 0 Å². The third-order valence-corrected chi connectivity index (χ3v) is 5.38. The van der Waals surface area contributed by atoms with Crippen molar-refractivity contribution in [3.05, 3.63) is 48.0 Å². The van der Waals surface area contributed by atoms with Gasteiger partial charge in [0.05, 0.1) is 5.56 Å². The number of hydrogen-bond acceptors (Lipinski definition) is 5. The highest BCUT2D eigenvalue weighted by Gasteiger charge is 2.43. The Labute approximate surface area is 147 Å². The Balaban J connectivity index is 1.47. The average Bonchev–Trinajstić information content (AvgIpc) is 3.06. The number of piperidine rings is 1. The van der Waals surface area contributed by atoms with Gasteiger partial charge in [0.15, 0.2) is 0 Å². The van der Waals surface area contributed by atoms with E-state index >= 15 is 0 Å². The number of anilines is 1. The van der Waals surface area contributed by atoms with Crippen molar-refractivity contribution < 1.29 is 4.79 Å². The molecule has 2 aromatic rings. The maximum atomic E-state index is 12.8. The molecule has 1 amide bonds. The minimum atomic E-state index is 0.0949. The van der Waals surface area contributed by atoms with E-state index in [4.69, 9.17) is 0 Å². The van der Waals surface area contributed by atoms with Crippen LogP contribution in [0.25, 0.3) is 0 Å². The zero-order valence-electron chi connectivity index (χ0n) is 14.6. The molecule has 2 aromatic heterocycles. The zero-order valence-corrected chi connectivity index (χ0v) is 14.6. The van der Waals surface area contributed by atoms with Crippen molar-refractivity contribution in [3.8, 4) is 0 Å². The molecule has 130 valence electrons. The smallest absolute Gasteiger partial charge is 0.255 e. The number of aryl methyl sites for hydroxylation is 1. The number of carbonyl (C=O) groups excluding carboxylic acids is 1. The van der Waals surface area contributed by atoms with Crippen LogP contribution >= 0.6 is 0 Å². The molecule has 0 aromatic carbocycles. The first-order chi connectivity index (χ1) is 12.2. The maximum Gasteiger partial charge on any atom is 0.255 e. The van der Waals surface area contributed by atoms with Gasteiger partial charge in [-0.15, -0.1) is 0 Å². The molecule has 0 radical (unpaired) electrons. The minimum absolute atomic E-state index is 0.0949. The number of pyridine rings is 1. The second-order valence-electron chi connectivity index (χ2n) is 7.24. The number of aromatic nitrogens is 3. The van der Waals surface area contributed by atoms with Gasteiger partial charge in [0.1, 0.15) is 0 Å². The van der Waals surface area contributed by atoms with Crippen LogP contribution in [0.1, 0.15) is 35.3 Å². The number of hydrogen-bond donors (Lipinski definition) is 0. The van der Waals surface area contributed by atoms with Crippen LogP contribution in [0, 0.1) is 12.3 Å². The van der Waals surface area contributed by atoms with Crippen molar-refractivity contribution >= 4 is 11.9 Å². The van der Waals surface area contributed by atoms with Crippen LogP contribution in [-0.4, -0.2) is 51.9 Å². The lowest BCUT2D eigenvalue weighted by molar-refractivity contribution is 0.0767. The third-order valence-electron chi connectivity index (χ3n) is 5.38. The van der Waals surface area contributed by atoms with E-state index in [2.05, 4.69) is 19.9 Å². The summed E-state index contributed by atoms with van der Waals surface area (Å²) in [4.78, 5) is 30.1. The molecule has 0 saturated carbocycles. The van der Waals surface area contributed by atoms with E-state index in [9.17, 15) is 4.79 Å².